The first-order valence-electron chi connectivity index (χ1n) is 5.25. The first-order chi connectivity index (χ1) is 8.17. The molecule has 104 valence electrons. The molecule has 0 heterocycles. The van der Waals surface area contributed by atoms with E-state index < -0.39 is 6.61 Å². The van der Waals surface area contributed by atoms with Crippen LogP contribution in [0.4, 0.5) is 8.78 Å². The molecule has 0 aromatic heterocycles. The molecule has 0 unspecified atom stereocenters. The molecule has 0 aliphatic carbocycles. The average Bonchev–Trinajstić information content (AvgIpc) is 2.24. The van der Waals surface area contributed by atoms with Crippen LogP contribution in [0.3, 0.4) is 0 Å². The zero-order valence-electron chi connectivity index (χ0n) is 10.8. The van der Waals surface area contributed by atoms with Crippen LogP contribution in [-0.4, -0.2) is 11.4 Å². The maximum Gasteiger partial charge on any atom is 0.387 e. The lowest BCUT2D eigenvalue weighted by molar-refractivity contribution is -0.0503. The van der Waals surface area contributed by atoms with Gasteiger partial charge in [-0.05, 0) is 39.8 Å². The zero-order chi connectivity index (χ0) is 14.3. The van der Waals surface area contributed by atoms with E-state index in [-0.39, 0.29) is 10.5 Å². The predicted molar refractivity (Wildman–Crippen MR) is 77.0 cm³/mol. The van der Waals surface area contributed by atoms with Gasteiger partial charge in [0.15, 0.2) is 0 Å². The second-order valence-corrected chi connectivity index (χ2v) is 6.79. The summed E-state index contributed by atoms with van der Waals surface area (Å²) in [5, 5.41) is 5.22. The lowest BCUT2D eigenvalue weighted by Gasteiger charge is -2.11. The van der Waals surface area contributed by atoms with E-state index in [0.717, 1.165) is 4.47 Å². The van der Waals surface area contributed by atoms with E-state index in [2.05, 4.69) is 41.4 Å². The molecule has 1 aromatic carbocycles. The molecular formula is C12H18BrF2NOS. The maximum absolute atomic E-state index is 11.8. The fraction of sp³-hybridized carbons (Fsp3) is 0.500. The highest BCUT2D eigenvalue weighted by molar-refractivity contribution is 9.10. The molecule has 0 amide bonds. The molecule has 0 fully saturated rings. The molecule has 6 heteroatoms. The second-order valence-electron chi connectivity index (χ2n) is 4.47. The van der Waals surface area contributed by atoms with Gasteiger partial charge in [0.05, 0.1) is 0 Å². The van der Waals surface area contributed by atoms with Gasteiger partial charge >= 0.3 is 6.61 Å². The Morgan fingerprint density at radius 2 is 1.83 bits per heavy atom. The summed E-state index contributed by atoms with van der Waals surface area (Å²) in [6, 6.07) is 4.93. The summed E-state index contributed by atoms with van der Waals surface area (Å²) in [5.74, 6) is 0.208. The minimum Gasteiger partial charge on any atom is -0.435 e. The van der Waals surface area contributed by atoms with Crippen molar-refractivity contribution >= 4 is 27.9 Å². The molecule has 0 bridgehead atoms. The first kappa shape index (κ1) is 17.7. The lowest BCUT2D eigenvalue weighted by atomic mass is 10.2. The Morgan fingerprint density at radius 1 is 1.33 bits per heavy atom. The van der Waals surface area contributed by atoms with E-state index in [9.17, 15) is 8.78 Å². The molecule has 0 aliphatic rings. The van der Waals surface area contributed by atoms with Crippen LogP contribution in [-0.2, 0) is 0 Å². The summed E-state index contributed by atoms with van der Waals surface area (Å²) in [7, 11) is 0. The van der Waals surface area contributed by atoms with Crippen molar-refractivity contribution in [3.63, 3.8) is 0 Å². The molecular weight excluding hydrogens is 324 g/mol. The van der Waals surface area contributed by atoms with Gasteiger partial charge in [-0.2, -0.15) is 8.78 Å². The summed E-state index contributed by atoms with van der Waals surface area (Å²) < 4.78 is 28.9. The van der Waals surface area contributed by atoms with Gasteiger partial charge in [-0.15, -0.1) is 0 Å². The summed E-state index contributed by atoms with van der Waals surface area (Å²) >= 11 is 4.59. The fourth-order valence-electron chi connectivity index (χ4n) is 0.811. The third-order valence-electron chi connectivity index (χ3n) is 1.79. The molecule has 0 saturated heterocycles. The van der Waals surface area contributed by atoms with E-state index >= 15 is 0 Å². The Hall–Kier alpha value is -0.330. The van der Waals surface area contributed by atoms with Crippen molar-refractivity contribution in [2.45, 2.75) is 39.1 Å². The smallest absolute Gasteiger partial charge is 0.387 e. The molecule has 18 heavy (non-hydrogen) atoms. The Kier molecular flexibility index (Phi) is 7.82. The monoisotopic (exact) mass is 341 g/mol. The molecule has 1 aromatic rings. The van der Waals surface area contributed by atoms with Gasteiger partial charge in [-0.25, -0.2) is 0 Å². The van der Waals surface area contributed by atoms with E-state index in [1.165, 1.54) is 18.0 Å². The molecule has 0 atom stereocenters. The van der Waals surface area contributed by atoms with E-state index in [0.29, 0.717) is 5.56 Å². The van der Waals surface area contributed by atoms with Crippen molar-refractivity contribution in [3.8, 4) is 5.75 Å². The SMILES string of the molecule is CC(C)(C)SN.Cc1c(Br)cccc1OC(F)F. The van der Waals surface area contributed by atoms with Crippen molar-refractivity contribution in [2.75, 3.05) is 0 Å². The van der Waals surface area contributed by atoms with Crippen LogP contribution in [0.1, 0.15) is 26.3 Å². The average molecular weight is 342 g/mol. The van der Waals surface area contributed by atoms with Gasteiger partial charge in [-0.1, -0.05) is 33.9 Å². The second kappa shape index (κ2) is 7.96. The molecule has 0 saturated carbocycles. The highest BCUT2D eigenvalue weighted by Gasteiger charge is 2.08. The quantitative estimate of drug-likeness (QED) is 0.788. The maximum atomic E-state index is 11.8. The number of ether oxygens (including phenoxy) is 1. The van der Waals surface area contributed by atoms with Crippen LogP contribution < -0.4 is 9.88 Å². The third kappa shape index (κ3) is 7.89. The van der Waals surface area contributed by atoms with E-state index in [1.54, 1.807) is 19.1 Å². The van der Waals surface area contributed by atoms with Crippen molar-refractivity contribution < 1.29 is 13.5 Å². The van der Waals surface area contributed by atoms with Crippen molar-refractivity contribution in [1.29, 1.82) is 0 Å². The van der Waals surface area contributed by atoms with Gasteiger partial charge in [0, 0.05) is 14.8 Å². The van der Waals surface area contributed by atoms with Crippen molar-refractivity contribution in [1.82, 2.24) is 0 Å². The molecule has 0 radical (unpaired) electrons. The van der Waals surface area contributed by atoms with Crippen molar-refractivity contribution in [2.24, 2.45) is 5.14 Å². The minimum absolute atomic E-state index is 0.208. The number of hydrogen-bond acceptors (Lipinski definition) is 3. The number of halogens is 3. The number of benzene rings is 1. The minimum atomic E-state index is -2.77. The normalized spacial score (nSPS) is 10.9. The topological polar surface area (TPSA) is 35.2 Å². The van der Waals surface area contributed by atoms with Crippen molar-refractivity contribution in [3.05, 3.63) is 28.2 Å². The summed E-state index contributed by atoms with van der Waals surface area (Å²) in [6.07, 6.45) is 0. The molecule has 1 rings (SSSR count). The van der Waals surface area contributed by atoms with Gasteiger partial charge in [0.1, 0.15) is 5.75 Å². The highest BCUT2D eigenvalue weighted by atomic mass is 79.9. The molecule has 2 N–H and O–H groups in total. The standard InChI is InChI=1S/C8H7BrF2O.C4H11NS/c1-5-6(9)3-2-4-7(5)12-8(10)11;1-4(2,3)6-5/h2-4,8H,1H3;5H2,1-3H3. The highest BCUT2D eigenvalue weighted by Crippen LogP contribution is 2.26. The van der Waals surface area contributed by atoms with Gasteiger partial charge < -0.3 is 4.74 Å². The largest absolute Gasteiger partial charge is 0.435 e. The third-order valence-corrected chi connectivity index (χ3v) is 3.35. The molecule has 0 spiro atoms. The van der Waals surface area contributed by atoms with Crippen LogP contribution in [0.15, 0.2) is 22.7 Å². The van der Waals surface area contributed by atoms with Gasteiger partial charge in [-0.3, -0.25) is 5.14 Å². The van der Waals surface area contributed by atoms with Gasteiger partial charge in [0.2, 0.25) is 0 Å². The van der Waals surface area contributed by atoms with E-state index in [1.807, 2.05) is 0 Å². The number of nitrogens with two attached hydrogens (primary N) is 1. The zero-order valence-corrected chi connectivity index (χ0v) is 13.2. The van der Waals surface area contributed by atoms with Crippen LogP contribution in [0.2, 0.25) is 0 Å². The summed E-state index contributed by atoms with van der Waals surface area (Å²) in [5.41, 5.74) is 0.679. The Labute approximate surface area is 120 Å². The summed E-state index contributed by atoms with van der Waals surface area (Å²) in [6.45, 7) is 5.19. The van der Waals surface area contributed by atoms with Crippen LogP contribution in [0, 0.1) is 6.92 Å². The Balaban J connectivity index is 0.000000411. The number of alkyl halides is 2. The molecule has 0 aliphatic heterocycles. The Morgan fingerprint density at radius 3 is 2.22 bits per heavy atom. The predicted octanol–water partition coefficient (Wildman–Crippen LogP) is 4.75. The van der Waals surface area contributed by atoms with E-state index in [4.69, 9.17) is 5.14 Å². The summed E-state index contributed by atoms with van der Waals surface area (Å²) in [4.78, 5) is 0. The fourth-order valence-corrected chi connectivity index (χ4v) is 1.16. The van der Waals surface area contributed by atoms with Crippen LogP contribution >= 0.6 is 27.9 Å². The molecule has 2 nitrogen and oxygen atoms in total. The number of rotatable bonds is 2. The van der Waals surface area contributed by atoms with Gasteiger partial charge in [0.25, 0.3) is 0 Å². The first-order valence-corrected chi connectivity index (χ1v) is 6.92. The van der Waals surface area contributed by atoms with Crippen LogP contribution in [0.5, 0.6) is 5.75 Å². The van der Waals surface area contributed by atoms with Crippen LogP contribution in [0.25, 0.3) is 0 Å². The Bertz CT molecular complexity index is 370. The number of hydrogen-bond donors (Lipinski definition) is 1. The lowest BCUT2D eigenvalue weighted by Crippen LogP contribution is -2.09.